The van der Waals surface area contributed by atoms with E-state index in [2.05, 4.69) is 10.2 Å². The maximum absolute atomic E-state index is 12.5. The van der Waals surface area contributed by atoms with Crippen molar-refractivity contribution in [2.24, 2.45) is 5.73 Å². The van der Waals surface area contributed by atoms with Crippen molar-refractivity contribution in [2.75, 3.05) is 6.61 Å². The minimum absolute atomic E-state index is 0.336. The van der Waals surface area contributed by atoms with Gasteiger partial charge in [-0.05, 0) is 20.8 Å². The molecule has 37 heavy (non-hydrogen) atoms. The second kappa shape index (κ2) is 10.5. The van der Waals surface area contributed by atoms with Gasteiger partial charge in [0, 0.05) is 28.7 Å². The Morgan fingerprint density at radius 3 is 2.35 bits per heavy atom. The van der Waals surface area contributed by atoms with Gasteiger partial charge in [-0.3, -0.25) is 0 Å². The number of fused-ring (bicyclic) bond motifs is 2. The molecule has 0 saturated heterocycles. The number of thiocarbonyl (C=S) groups is 1. The molecule has 12 heteroatoms. The molecule has 0 bridgehead atoms. The molecule has 0 aliphatic heterocycles. The van der Waals surface area contributed by atoms with E-state index in [1.807, 2.05) is 71.8 Å². The summed E-state index contributed by atoms with van der Waals surface area (Å²) in [6.45, 7) is 6.01. The van der Waals surface area contributed by atoms with Crippen LogP contribution in [0.15, 0.2) is 53.5 Å². The Labute approximate surface area is 230 Å². The first-order valence-corrected chi connectivity index (χ1v) is 14.3. The standard InChI is InChI=1S/C18H15N3O2S2.C7H7N3S2/c1-3-23-18(22)15-14(12-7-5-4-6-8-12)19-16(25-15)13-11(2)20-21-9-10-24-17(13)21;1-4-5(6(8)11)7-10(9-4)2-3-12-7/h4-10H,3H2,1-2H3;2-3H,1H3,(H2,8,11). The highest BCUT2D eigenvalue weighted by Gasteiger charge is 2.24. The van der Waals surface area contributed by atoms with Crippen LogP contribution in [0, 0.1) is 13.8 Å². The maximum atomic E-state index is 12.5. The summed E-state index contributed by atoms with van der Waals surface area (Å²) in [7, 11) is 0. The first-order valence-electron chi connectivity index (χ1n) is 11.3. The van der Waals surface area contributed by atoms with Crippen molar-refractivity contribution in [3.63, 3.8) is 0 Å². The third-order valence-corrected chi connectivity index (χ3v) is 8.44. The summed E-state index contributed by atoms with van der Waals surface area (Å²) in [4.78, 5) is 20.2. The molecule has 6 rings (SSSR count). The number of hydrogen-bond acceptors (Lipinski definition) is 9. The van der Waals surface area contributed by atoms with Crippen LogP contribution in [0.5, 0.6) is 0 Å². The number of nitrogens with two attached hydrogens (primary N) is 1. The molecule has 2 N–H and O–H groups in total. The van der Waals surface area contributed by atoms with Gasteiger partial charge in [-0.15, -0.1) is 34.0 Å². The van der Waals surface area contributed by atoms with Crippen LogP contribution in [0.25, 0.3) is 31.5 Å². The third kappa shape index (κ3) is 4.80. The molecule has 0 spiro atoms. The Morgan fingerprint density at radius 2 is 1.68 bits per heavy atom. The molecule has 188 valence electrons. The van der Waals surface area contributed by atoms with Crippen molar-refractivity contribution < 1.29 is 9.53 Å². The lowest BCUT2D eigenvalue weighted by Crippen LogP contribution is -2.09. The number of esters is 1. The average Bonchev–Trinajstić information content (AvgIpc) is 3.67. The van der Waals surface area contributed by atoms with Crippen molar-refractivity contribution in [3.05, 3.63) is 75.3 Å². The Morgan fingerprint density at radius 1 is 1.03 bits per heavy atom. The lowest BCUT2D eigenvalue weighted by Gasteiger charge is -2.01. The number of benzene rings is 1. The first kappa shape index (κ1) is 25.2. The van der Waals surface area contributed by atoms with Gasteiger partial charge in [0.25, 0.3) is 0 Å². The van der Waals surface area contributed by atoms with E-state index < -0.39 is 0 Å². The minimum atomic E-state index is -0.336. The van der Waals surface area contributed by atoms with Gasteiger partial charge in [-0.2, -0.15) is 10.2 Å². The van der Waals surface area contributed by atoms with Crippen LogP contribution in [0.1, 0.15) is 33.5 Å². The minimum Gasteiger partial charge on any atom is -0.462 e. The van der Waals surface area contributed by atoms with E-state index in [0.717, 1.165) is 42.7 Å². The second-order valence-corrected chi connectivity index (χ2v) is 11.1. The van der Waals surface area contributed by atoms with E-state index in [0.29, 0.717) is 22.2 Å². The molecular weight excluding hydrogens is 545 g/mol. The van der Waals surface area contributed by atoms with Crippen LogP contribution >= 0.6 is 46.2 Å². The van der Waals surface area contributed by atoms with Gasteiger partial charge >= 0.3 is 5.97 Å². The average molecular weight is 567 g/mol. The monoisotopic (exact) mass is 566 g/mol. The number of rotatable bonds is 5. The van der Waals surface area contributed by atoms with Gasteiger partial charge in [-0.25, -0.2) is 18.8 Å². The largest absolute Gasteiger partial charge is 0.462 e. The van der Waals surface area contributed by atoms with Crippen molar-refractivity contribution in [2.45, 2.75) is 20.8 Å². The molecule has 0 unspecified atom stereocenters. The Hall–Kier alpha value is -3.45. The second-order valence-electron chi connectivity index (χ2n) is 7.87. The van der Waals surface area contributed by atoms with Gasteiger partial charge in [0.05, 0.1) is 34.8 Å². The zero-order chi connectivity index (χ0) is 26.1. The molecule has 5 aromatic heterocycles. The number of carbonyl (C=O) groups excluding carboxylic acids is 1. The van der Waals surface area contributed by atoms with Crippen molar-refractivity contribution >= 4 is 66.8 Å². The van der Waals surface area contributed by atoms with Gasteiger partial charge in [0.2, 0.25) is 0 Å². The molecule has 0 radical (unpaired) electrons. The highest BCUT2D eigenvalue weighted by molar-refractivity contribution is 7.80. The molecule has 0 amide bonds. The summed E-state index contributed by atoms with van der Waals surface area (Å²) in [5.41, 5.74) is 10.8. The molecule has 6 aromatic rings. The molecule has 0 aliphatic carbocycles. The zero-order valence-corrected chi connectivity index (χ0v) is 23.4. The highest BCUT2D eigenvalue weighted by atomic mass is 32.1. The SMILES string of the molecule is CCOC(=O)c1sc(-c2c(C)nn3ccsc23)nc1-c1ccccc1.Cc1nn2ccsc2c1C(N)=S. The Kier molecular flexibility index (Phi) is 7.15. The van der Waals surface area contributed by atoms with Crippen LogP contribution in [0.3, 0.4) is 0 Å². The maximum Gasteiger partial charge on any atom is 0.350 e. The van der Waals surface area contributed by atoms with Crippen LogP contribution < -0.4 is 5.73 Å². The molecule has 0 aliphatic rings. The fourth-order valence-corrected chi connectivity index (χ4v) is 7.09. The smallest absolute Gasteiger partial charge is 0.350 e. The van der Waals surface area contributed by atoms with Crippen LogP contribution in [-0.4, -0.2) is 41.8 Å². The van der Waals surface area contributed by atoms with Gasteiger partial charge < -0.3 is 10.5 Å². The van der Waals surface area contributed by atoms with Crippen molar-refractivity contribution in [1.82, 2.24) is 24.2 Å². The quantitative estimate of drug-likeness (QED) is 0.201. The Bertz CT molecular complexity index is 1720. The normalized spacial score (nSPS) is 11.0. The first-order chi connectivity index (χ1) is 17.9. The number of aryl methyl sites for hydroxylation is 2. The predicted molar refractivity (Wildman–Crippen MR) is 154 cm³/mol. The molecule has 0 fully saturated rings. The third-order valence-electron chi connectivity index (χ3n) is 5.44. The van der Waals surface area contributed by atoms with Gasteiger partial charge in [0.1, 0.15) is 24.5 Å². The number of hydrogen-bond donors (Lipinski definition) is 1. The fourth-order valence-electron chi connectivity index (χ4n) is 3.87. The van der Waals surface area contributed by atoms with E-state index in [9.17, 15) is 4.79 Å². The van der Waals surface area contributed by atoms with Gasteiger partial charge in [0.15, 0.2) is 0 Å². The van der Waals surface area contributed by atoms with E-state index >= 15 is 0 Å². The van der Waals surface area contributed by atoms with E-state index in [4.69, 9.17) is 27.7 Å². The predicted octanol–water partition coefficient (Wildman–Crippen LogP) is 6.01. The molecule has 0 atom stereocenters. The van der Waals surface area contributed by atoms with Crippen molar-refractivity contribution in [1.29, 1.82) is 0 Å². The number of ether oxygens (including phenoxy) is 1. The summed E-state index contributed by atoms with van der Waals surface area (Å²) in [6.07, 6.45) is 3.82. The van der Waals surface area contributed by atoms with E-state index in [1.165, 1.54) is 11.3 Å². The summed E-state index contributed by atoms with van der Waals surface area (Å²) in [6, 6.07) is 9.72. The van der Waals surface area contributed by atoms with Crippen molar-refractivity contribution in [3.8, 4) is 21.8 Å². The number of aromatic nitrogens is 5. The fraction of sp³-hybridized carbons (Fsp3) is 0.160. The summed E-state index contributed by atoms with van der Waals surface area (Å²) >= 11 is 9.49. The number of nitrogens with zero attached hydrogens (tertiary/aromatic N) is 5. The van der Waals surface area contributed by atoms with Crippen LogP contribution in [0.4, 0.5) is 0 Å². The lowest BCUT2D eigenvalue weighted by molar-refractivity contribution is 0.0532. The molecule has 1 aromatic carbocycles. The molecule has 0 saturated carbocycles. The van der Waals surface area contributed by atoms with Gasteiger partial charge in [-0.1, -0.05) is 42.5 Å². The topological polar surface area (TPSA) is 99.8 Å². The number of carbonyl (C=O) groups is 1. The van der Waals surface area contributed by atoms with E-state index in [1.54, 1.807) is 34.1 Å². The summed E-state index contributed by atoms with van der Waals surface area (Å²) in [5, 5.41) is 13.5. The molecule has 5 heterocycles. The highest BCUT2D eigenvalue weighted by Crippen LogP contribution is 2.38. The molecule has 8 nitrogen and oxygen atoms in total. The molecular formula is C25H22N6O2S4. The summed E-state index contributed by atoms with van der Waals surface area (Å²) < 4.78 is 8.89. The zero-order valence-electron chi connectivity index (χ0n) is 20.2. The summed E-state index contributed by atoms with van der Waals surface area (Å²) in [5.74, 6) is -0.336. The number of thiazole rings is 3. The Balaban J connectivity index is 0.000000195. The van der Waals surface area contributed by atoms with Crippen LogP contribution in [-0.2, 0) is 4.74 Å². The van der Waals surface area contributed by atoms with Crippen LogP contribution in [0.2, 0.25) is 0 Å². The van der Waals surface area contributed by atoms with E-state index in [-0.39, 0.29) is 5.97 Å². The lowest BCUT2D eigenvalue weighted by atomic mass is 10.1.